The molecule has 0 spiro atoms. The molecule has 2 aliphatic carbocycles. The SMILES string of the molecule is COC(=O)N1N[C@@H]2[C@@H]3CC[C@H](C3)[C@@H]21. The molecule has 1 heterocycles. The summed E-state index contributed by atoms with van der Waals surface area (Å²) in [5.41, 5.74) is 3.18. The number of rotatable bonds is 0. The van der Waals surface area contributed by atoms with Crippen molar-refractivity contribution in [1.29, 1.82) is 0 Å². The molecule has 0 unspecified atom stereocenters. The number of hydrazine groups is 1. The van der Waals surface area contributed by atoms with Gasteiger partial charge in [-0.25, -0.2) is 15.2 Å². The topological polar surface area (TPSA) is 41.6 Å². The molecule has 72 valence electrons. The van der Waals surface area contributed by atoms with Gasteiger partial charge in [0.2, 0.25) is 0 Å². The second-order valence-corrected chi connectivity index (χ2v) is 4.32. The van der Waals surface area contributed by atoms with Crippen LogP contribution in [0.2, 0.25) is 0 Å². The molecule has 4 heteroatoms. The van der Waals surface area contributed by atoms with E-state index in [2.05, 4.69) is 5.43 Å². The summed E-state index contributed by atoms with van der Waals surface area (Å²) in [6.07, 6.45) is 3.71. The molecule has 0 aromatic rings. The molecule has 3 rings (SSSR count). The Morgan fingerprint density at radius 3 is 2.92 bits per heavy atom. The zero-order chi connectivity index (χ0) is 9.00. The van der Waals surface area contributed by atoms with E-state index in [1.54, 1.807) is 5.01 Å². The highest BCUT2D eigenvalue weighted by atomic mass is 16.5. The van der Waals surface area contributed by atoms with Crippen LogP contribution in [0.25, 0.3) is 0 Å². The van der Waals surface area contributed by atoms with Crippen molar-refractivity contribution >= 4 is 6.09 Å². The molecule has 1 saturated heterocycles. The van der Waals surface area contributed by atoms with Crippen LogP contribution in [-0.2, 0) is 4.74 Å². The number of methoxy groups -OCH3 is 1. The first-order chi connectivity index (χ1) is 6.31. The molecule has 4 nitrogen and oxygen atoms in total. The average Bonchev–Trinajstić information content (AvgIpc) is 2.59. The minimum absolute atomic E-state index is 0.228. The van der Waals surface area contributed by atoms with Crippen molar-refractivity contribution in [2.75, 3.05) is 7.11 Å². The lowest BCUT2D eigenvalue weighted by Gasteiger charge is -2.49. The minimum atomic E-state index is -0.228. The van der Waals surface area contributed by atoms with Crippen LogP contribution < -0.4 is 5.43 Å². The summed E-state index contributed by atoms with van der Waals surface area (Å²) in [5.74, 6) is 1.55. The van der Waals surface area contributed by atoms with E-state index in [-0.39, 0.29) is 6.09 Å². The Morgan fingerprint density at radius 2 is 2.23 bits per heavy atom. The molecule has 4 atom stereocenters. The van der Waals surface area contributed by atoms with Crippen molar-refractivity contribution in [3.63, 3.8) is 0 Å². The van der Waals surface area contributed by atoms with Crippen LogP contribution in [0, 0.1) is 11.8 Å². The Labute approximate surface area is 77.2 Å². The molecular formula is C9H14N2O2. The largest absolute Gasteiger partial charge is 0.452 e. The number of hydrogen-bond acceptors (Lipinski definition) is 3. The van der Waals surface area contributed by atoms with Crippen molar-refractivity contribution in [3.05, 3.63) is 0 Å². The number of hydrogen-bond donors (Lipinski definition) is 1. The molecule has 13 heavy (non-hydrogen) atoms. The first-order valence-electron chi connectivity index (χ1n) is 4.94. The highest BCUT2D eigenvalue weighted by Crippen LogP contribution is 2.50. The second-order valence-electron chi connectivity index (χ2n) is 4.32. The fourth-order valence-electron chi connectivity index (χ4n) is 3.25. The fourth-order valence-corrected chi connectivity index (χ4v) is 3.25. The lowest BCUT2D eigenvalue weighted by molar-refractivity contribution is -0.0455. The summed E-state index contributed by atoms with van der Waals surface area (Å²) in [6.45, 7) is 0. The minimum Gasteiger partial charge on any atom is -0.452 e. The number of fused-ring (bicyclic) bond motifs is 5. The Bertz CT molecular complexity index is 254. The maximum Gasteiger partial charge on any atom is 0.424 e. The first kappa shape index (κ1) is 7.62. The summed E-state index contributed by atoms with van der Waals surface area (Å²) in [6, 6.07) is 1.00. The Hall–Kier alpha value is -0.770. The van der Waals surface area contributed by atoms with E-state index in [0.717, 1.165) is 11.8 Å². The van der Waals surface area contributed by atoms with Gasteiger partial charge in [-0.2, -0.15) is 0 Å². The van der Waals surface area contributed by atoms with E-state index in [4.69, 9.17) is 4.74 Å². The molecule has 0 aromatic heterocycles. The molecular weight excluding hydrogens is 168 g/mol. The van der Waals surface area contributed by atoms with Gasteiger partial charge in [-0.1, -0.05) is 0 Å². The van der Waals surface area contributed by atoms with Crippen LogP contribution in [0.4, 0.5) is 4.79 Å². The van der Waals surface area contributed by atoms with E-state index in [0.29, 0.717) is 12.1 Å². The zero-order valence-corrected chi connectivity index (χ0v) is 7.69. The third kappa shape index (κ3) is 0.817. The average molecular weight is 182 g/mol. The molecule has 0 aromatic carbocycles. The molecule has 1 N–H and O–H groups in total. The quantitative estimate of drug-likeness (QED) is 0.600. The molecule has 2 bridgehead atoms. The summed E-state index contributed by atoms with van der Waals surface area (Å²) in [4.78, 5) is 11.3. The van der Waals surface area contributed by atoms with E-state index >= 15 is 0 Å². The van der Waals surface area contributed by atoms with Crippen LogP contribution in [0.3, 0.4) is 0 Å². The maximum atomic E-state index is 11.3. The number of carbonyl (C=O) groups is 1. The number of ether oxygens (including phenoxy) is 1. The van der Waals surface area contributed by atoms with E-state index in [9.17, 15) is 4.79 Å². The smallest absolute Gasteiger partial charge is 0.424 e. The van der Waals surface area contributed by atoms with Gasteiger partial charge in [0.1, 0.15) is 0 Å². The molecule has 1 aliphatic heterocycles. The first-order valence-corrected chi connectivity index (χ1v) is 4.94. The van der Waals surface area contributed by atoms with E-state index < -0.39 is 0 Å². The highest BCUT2D eigenvalue weighted by Gasteiger charge is 2.58. The van der Waals surface area contributed by atoms with Crippen LogP contribution in [0.1, 0.15) is 19.3 Å². The van der Waals surface area contributed by atoms with Crippen LogP contribution in [0.5, 0.6) is 0 Å². The lowest BCUT2D eigenvalue weighted by Crippen LogP contribution is -2.72. The third-order valence-electron chi connectivity index (χ3n) is 3.83. The van der Waals surface area contributed by atoms with Crippen molar-refractivity contribution in [2.45, 2.75) is 31.3 Å². The molecule has 2 saturated carbocycles. The number of nitrogens with one attached hydrogen (secondary N) is 1. The Morgan fingerprint density at radius 1 is 1.46 bits per heavy atom. The van der Waals surface area contributed by atoms with Crippen LogP contribution in [0.15, 0.2) is 0 Å². The summed E-state index contributed by atoms with van der Waals surface area (Å²) >= 11 is 0. The predicted molar refractivity (Wildman–Crippen MR) is 45.8 cm³/mol. The van der Waals surface area contributed by atoms with Crippen LogP contribution >= 0.6 is 0 Å². The number of amides is 1. The standard InChI is InChI=1S/C9H14N2O2/c1-13-9(12)11-8-6-3-2-5(4-6)7(8)10-11/h5-8,10H,2-4H2,1H3/t5-,6-,7-,8+/m1/s1. The summed E-state index contributed by atoms with van der Waals surface area (Å²) in [5, 5.41) is 1.68. The van der Waals surface area contributed by atoms with Crippen molar-refractivity contribution in [2.24, 2.45) is 11.8 Å². The van der Waals surface area contributed by atoms with Gasteiger partial charge in [0.25, 0.3) is 0 Å². The van der Waals surface area contributed by atoms with Crippen LogP contribution in [-0.4, -0.2) is 30.3 Å². The zero-order valence-electron chi connectivity index (χ0n) is 7.69. The second kappa shape index (κ2) is 2.38. The van der Waals surface area contributed by atoms with Gasteiger partial charge in [-0.15, -0.1) is 0 Å². The van der Waals surface area contributed by atoms with Gasteiger partial charge in [-0.3, -0.25) is 0 Å². The molecule has 1 amide bonds. The predicted octanol–water partition coefficient (Wildman–Crippen LogP) is 0.740. The van der Waals surface area contributed by atoms with E-state index in [1.807, 2.05) is 0 Å². The Balaban J connectivity index is 1.75. The van der Waals surface area contributed by atoms with Gasteiger partial charge in [0.05, 0.1) is 19.2 Å². The molecule has 3 aliphatic rings. The van der Waals surface area contributed by atoms with Crippen molar-refractivity contribution < 1.29 is 9.53 Å². The molecule has 3 fully saturated rings. The number of carbonyl (C=O) groups excluding carboxylic acids is 1. The van der Waals surface area contributed by atoms with Crippen molar-refractivity contribution in [3.8, 4) is 0 Å². The Kier molecular flexibility index (Phi) is 1.39. The third-order valence-corrected chi connectivity index (χ3v) is 3.83. The normalized spacial score (nSPS) is 45.8. The van der Waals surface area contributed by atoms with Gasteiger partial charge < -0.3 is 4.74 Å². The monoisotopic (exact) mass is 182 g/mol. The fraction of sp³-hybridized carbons (Fsp3) is 0.889. The number of nitrogens with zero attached hydrogens (tertiary/aromatic N) is 1. The van der Waals surface area contributed by atoms with Crippen molar-refractivity contribution in [1.82, 2.24) is 10.4 Å². The highest BCUT2D eigenvalue weighted by molar-refractivity contribution is 5.68. The summed E-state index contributed by atoms with van der Waals surface area (Å²) < 4.78 is 4.69. The summed E-state index contributed by atoms with van der Waals surface area (Å²) in [7, 11) is 1.44. The van der Waals surface area contributed by atoms with Gasteiger partial charge in [-0.05, 0) is 31.1 Å². The van der Waals surface area contributed by atoms with E-state index in [1.165, 1.54) is 26.4 Å². The maximum absolute atomic E-state index is 11.3. The van der Waals surface area contributed by atoms with Gasteiger partial charge >= 0.3 is 6.09 Å². The molecule has 0 radical (unpaired) electrons. The van der Waals surface area contributed by atoms with Gasteiger partial charge in [0, 0.05) is 0 Å². The lowest BCUT2D eigenvalue weighted by atomic mass is 9.87. The van der Waals surface area contributed by atoms with Gasteiger partial charge in [0.15, 0.2) is 0 Å².